The van der Waals surface area contributed by atoms with Crippen LogP contribution in [0.1, 0.15) is 0 Å². The number of terminal acetylenes is 1. The Bertz CT molecular complexity index is 14.5. The molecule has 1 heteroatoms. The molecule has 0 spiro atoms. The zero-order valence-electron chi connectivity index (χ0n) is 2.27. The highest BCUT2D eigenvalue weighted by Crippen LogP contribution is 0.579. The van der Waals surface area contributed by atoms with Crippen molar-refractivity contribution < 1.29 is 4.79 Å². The van der Waals surface area contributed by atoms with Crippen molar-refractivity contribution in [2.75, 3.05) is 0 Å². The zero-order chi connectivity index (χ0) is 4.00. The maximum absolute atomic E-state index is 8.00. The summed E-state index contributed by atoms with van der Waals surface area (Å²) in [7, 11) is 0. The predicted molar refractivity (Wildman–Crippen MR) is 17.0 cm³/mol. The van der Waals surface area contributed by atoms with Gasteiger partial charge in [-0.25, -0.2) is 0 Å². The molecule has 0 atom stereocenters. The van der Waals surface area contributed by atoms with Gasteiger partial charge in [0.05, 0.1) is 0 Å². The molecule has 0 heterocycles. The van der Waals surface area contributed by atoms with Crippen LogP contribution in [0.15, 0.2) is 0 Å². The first-order valence-corrected chi connectivity index (χ1v) is 0.622. The van der Waals surface area contributed by atoms with Crippen molar-refractivity contribution in [3.8, 4) is 12.8 Å². The van der Waals surface area contributed by atoms with Gasteiger partial charge in [-0.15, -0.1) is 12.8 Å². The highest BCUT2D eigenvalue weighted by atomic mass is 16.1. The van der Waals surface area contributed by atoms with E-state index in [-0.39, 0.29) is 0 Å². The van der Waals surface area contributed by atoms with Gasteiger partial charge in [-0.2, -0.15) is 0 Å². The molecule has 0 aromatic heterocycles. The molecule has 0 unspecified atom stereocenters. The Balaban J connectivity index is 0. The van der Waals surface area contributed by atoms with Crippen molar-refractivity contribution in [1.82, 2.24) is 0 Å². The van der Waals surface area contributed by atoms with Gasteiger partial charge >= 0.3 is 0 Å². The normalized spacial score (nSPS) is 1.50. The highest BCUT2D eigenvalue weighted by Gasteiger charge is 0.636. The first-order valence-electron chi connectivity index (χ1n) is 0.622. The first kappa shape index (κ1) is 10.6. The molecular weight excluding hydrogens is 52.0 g/mol. The summed E-state index contributed by atoms with van der Waals surface area (Å²) < 4.78 is 0. The molecule has 22 valence electrons. The molecule has 0 aromatic rings. The molecule has 4 heavy (non-hydrogen) atoms. The van der Waals surface area contributed by atoms with Crippen LogP contribution in [0, 0.1) is 12.8 Å². The quantitative estimate of drug-likeness (QED) is 0.359. The van der Waals surface area contributed by atoms with Gasteiger partial charge in [0, 0.05) is 0 Å². The van der Waals surface area contributed by atoms with E-state index in [4.69, 9.17) is 4.79 Å². The molecule has 0 aliphatic rings. The molecule has 0 fully saturated rings. The van der Waals surface area contributed by atoms with E-state index in [1.165, 1.54) is 0 Å². The first-order chi connectivity index (χ1) is 2.00. The van der Waals surface area contributed by atoms with Crippen molar-refractivity contribution in [1.29, 1.82) is 0 Å². The molecule has 0 N–H and O–H groups in total. The largest absolute Gasteiger partial charge is 0.307 e. The maximum atomic E-state index is 8.00. The van der Waals surface area contributed by atoms with Crippen LogP contribution in [0.4, 0.5) is 0 Å². The van der Waals surface area contributed by atoms with Crippen LogP contribution in [-0.4, -0.2) is 6.79 Å². The van der Waals surface area contributed by atoms with Crippen molar-refractivity contribution in [2.45, 2.75) is 0 Å². The van der Waals surface area contributed by atoms with E-state index in [1.54, 1.807) is 0 Å². The second-order valence-electron chi connectivity index (χ2n) is 0. The Hall–Kier alpha value is -0.770. The minimum Gasteiger partial charge on any atom is -0.307 e. The van der Waals surface area contributed by atoms with Gasteiger partial charge in [0.2, 0.25) is 0 Å². The molecule has 0 amide bonds. The summed E-state index contributed by atoms with van der Waals surface area (Å²) in [4.78, 5) is 8.00. The van der Waals surface area contributed by atoms with Crippen LogP contribution in [-0.2, 0) is 4.79 Å². The summed E-state index contributed by atoms with van der Waals surface area (Å²) in [6.07, 6.45) is 8.00. The van der Waals surface area contributed by atoms with E-state index in [2.05, 4.69) is 12.8 Å². The van der Waals surface area contributed by atoms with Crippen LogP contribution in [0.2, 0.25) is 0 Å². The van der Waals surface area contributed by atoms with Crippen molar-refractivity contribution >= 4 is 6.79 Å². The third kappa shape index (κ3) is 0.110. The minimum atomic E-state index is 2.00. The third-order valence-corrected chi connectivity index (χ3v) is 0. The predicted octanol–water partition coefficient (Wildman–Crippen LogP) is 0.0645. The van der Waals surface area contributed by atoms with Crippen LogP contribution in [0.25, 0.3) is 0 Å². The topological polar surface area (TPSA) is 17.1 Å². The van der Waals surface area contributed by atoms with E-state index < -0.39 is 0 Å². The van der Waals surface area contributed by atoms with Gasteiger partial charge in [0.25, 0.3) is 0 Å². The molecule has 0 bridgehead atoms. The maximum Gasteiger partial charge on any atom is 0.106 e. The van der Waals surface area contributed by atoms with Crippen LogP contribution >= 0.6 is 0 Å². The van der Waals surface area contributed by atoms with Crippen molar-refractivity contribution in [2.24, 2.45) is 0 Å². The summed E-state index contributed by atoms with van der Waals surface area (Å²) in [6.45, 7) is 2.00. The van der Waals surface area contributed by atoms with E-state index >= 15 is 0 Å². The smallest absolute Gasteiger partial charge is 0.106 e. The Morgan fingerprint density at radius 1 is 1.25 bits per heavy atom. The molecule has 0 aliphatic carbocycles. The summed E-state index contributed by atoms with van der Waals surface area (Å²) in [5.41, 5.74) is 0. The fraction of sp³-hybridized carbons (Fsp3) is 0. The number of rotatable bonds is 0. The van der Waals surface area contributed by atoms with Crippen molar-refractivity contribution in [3.05, 3.63) is 0 Å². The van der Waals surface area contributed by atoms with Crippen LogP contribution in [0.3, 0.4) is 0 Å². The zero-order valence-corrected chi connectivity index (χ0v) is 2.27. The lowest BCUT2D eigenvalue weighted by Gasteiger charge is -0.837. The molecule has 0 saturated carbocycles. The number of carbonyl (C=O) groups is 1. The van der Waals surface area contributed by atoms with Gasteiger partial charge in [-0.05, 0) is 0 Å². The summed E-state index contributed by atoms with van der Waals surface area (Å²) >= 11 is 0. The fourth-order valence-electron chi connectivity index (χ4n) is 0. The summed E-state index contributed by atoms with van der Waals surface area (Å²) in [5.74, 6) is 0. The third-order valence-electron chi connectivity index (χ3n) is 0. The van der Waals surface area contributed by atoms with Crippen molar-refractivity contribution in [3.63, 3.8) is 0 Å². The van der Waals surface area contributed by atoms with Gasteiger partial charge in [-0.3, -0.25) is 0 Å². The molecule has 0 aromatic carbocycles. The molecule has 0 radical (unpaired) electrons. The number of carbonyl (C=O) groups excluding carboxylic acids is 1. The van der Waals surface area contributed by atoms with E-state index in [0.29, 0.717) is 0 Å². The Kier molecular flexibility index (Phi) is 15.1. The second kappa shape index (κ2) is 5.69. The summed E-state index contributed by atoms with van der Waals surface area (Å²) in [6, 6.07) is 0. The lowest BCUT2D eigenvalue weighted by Crippen LogP contribution is -0.925. The molecule has 0 saturated heterocycles. The molecular formula is C3H4O. The second-order valence-corrected chi connectivity index (χ2v) is 0. The van der Waals surface area contributed by atoms with Crippen LogP contribution < -0.4 is 0 Å². The molecule has 0 rings (SSSR count). The molecule has 1 nitrogen and oxygen atoms in total. The van der Waals surface area contributed by atoms with Gasteiger partial charge < -0.3 is 4.79 Å². The lowest BCUT2D eigenvalue weighted by atomic mass is 11.4. The van der Waals surface area contributed by atoms with Gasteiger partial charge in [0.15, 0.2) is 0 Å². The Morgan fingerprint density at radius 3 is 1.25 bits per heavy atom. The number of hydrogen-bond donors (Lipinski definition) is 0. The Labute approximate surface area is 25.6 Å². The SMILES string of the molecule is C#C.C=O. The minimum absolute atomic E-state index is 2.00. The average Bonchev–Trinajstić information content (AvgIpc) is 1.50. The van der Waals surface area contributed by atoms with Gasteiger partial charge in [0.1, 0.15) is 6.79 Å². The van der Waals surface area contributed by atoms with E-state index in [9.17, 15) is 0 Å². The van der Waals surface area contributed by atoms with E-state index in [0.717, 1.165) is 0 Å². The highest BCUT2D eigenvalue weighted by molar-refractivity contribution is 5.10. The number of hydrogen-bond acceptors (Lipinski definition) is 1. The van der Waals surface area contributed by atoms with E-state index in [1.807, 2.05) is 6.79 Å². The lowest BCUT2D eigenvalue weighted by molar-refractivity contribution is -0.0979. The fourth-order valence-corrected chi connectivity index (χ4v) is 0. The van der Waals surface area contributed by atoms with Crippen LogP contribution in [0.5, 0.6) is 0 Å². The molecule has 0 aliphatic heterocycles. The average molecular weight is 56.1 g/mol. The standard InChI is InChI=1S/C2H2.CH2O/c2*1-2/h1-2H;1H2. The summed E-state index contributed by atoms with van der Waals surface area (Å²) in [5, 5.41) is 0. The monoisotopic (exact) mass is 56.0 g/mol. The van der Waals surface area contributed by atoms with Gasteiger partial charge in [-0.1, -0.05) is 0 Å². The Morgan fingerprint density at radius 2 is 1.25 bits per heavy atom.